The van der Waals surface area contributed by atoms with Gasteiger partial charge in [0, 0.05) is 34.4 Å². The number of ketones is 1. The minimum atomic E-state index is -4.67. The van der Waals surface area contributed by atoms with E-state index < -0.39 is 23.4 Å². The summed E-state index contributed by atoms with van der Waals surface area (Å²) < 4.78 is 67.0. The van der Waals surface area contributed by atoms with Gasteiger partial charge in [-0.25, -0.2) is 8.78 Å². The van der Waals surface area contributed by atoms with Crippen molar-refractivity contribution in [2.45, 2.75) is 25.4 Å². The largest absolute Gasteiger partial charge is 0.416 e. The summed E-state index contributed by atoms with van der Waals surface area (Å²) in [5.74, 6) is -1.74. The quantitative estimate of drug-likeness (QED) is 0.210. The molecule has 0 atom stereocenters. The third kappa shape index (κ3) is 5.62. The molecule has 0 saturated heterocycles. The van der Waals surface area contributed by atoms with E-state index in [9.17, 15) is 26.7 Å². The lowest BCUT2D eigenvalue weighted by Gasteiger charge is -2.11. The van der Waals surface area contributed by atoms with Crippen molar-refractivity contribution in [3.8, 4) is 0 Å². The van der Waals surface area contributed by atoms with Crippen molar-refractivity contribution < 1.29 is 26.7 Å². The summed E-state index contributed by atoms with van der Waals surface area (Å²) in [6.07, 6.45) is -1.81. The van der Waals surface area contributed by atoms with E-state index in [1.807, 2.05) is 22.6 Å². The van der Waals surface area contributed by atoms with Gasteiger partial charge in [-0.15, -0.1) is 0 Å². The van der Waals surface area contributed by atoms with Crippen LogP contribution in [0.2, 0.25) is 0 Å². The molecular weight excluding hydrogens is 516 g/mol. The second-order valence-electron chi connectivity index (χ2n) is 6.71. The van der Waals surface area contributed by atoms with Crippen molar-refractivity contribution in [3.63, 3.8) is 0 Å². The van der Waals surface area contributed by atoms with E-state index in [1.165, 1.54) is 24.5 Å². The van der Waals surface area contributed by atoms with Gasteiger partial charge in [-0.2, -0.15) is 13.2 Å². The maximum Gasteiger partial charge on any atom is 0.416 e. The Hall–Kier alpha value is -2.36. The fraction of sp³-hybridized carbons (Fsp3) is 0.182. The van der Waals surface area contributed by atoms with Crippen LogP contribution in [0.25, 0.3) is 0 Å². The van der Waals surface area contributed by atoms with Crippen molar-refractivity contribution in [1.82, 2.24) is 4.98 Å². The van der Waals surface area contributed by atoms with Gasteiger partial charge in [-0.1, -0.05) is 6.07 Å². The second-order valence-corrected chi connectivity index (χ2v) is 7.96. The average Bonchev–Trinajstić information content (AvgIpc) is 2.67. The third-order valence-electron chi connectivity index (χ3n) is 4.53. The molecule has 0 amide bonds. The van der Waals surface area contributed by atoms with Crippen LogP contribution in [0.1, 0.15) is 39.0 Å². The van der Waals surface area contributed by atoms with Crippen LogP contribution in [0.3, 0.4) is 0 Å². The molecule has 0 N–H and O–H groups in total. The second kappa shape index (κ2) is 9.20. The molecule has 2 nitrogen and oxygen atoms in total. The minimum Gasteiger partial charge on any atom is -0.294 e. The summed E-state index contributed by atoms with van der Waals surface area (Å²) in [4.78, 5) is 16.7. The van der Waals surface area contributed by atoms with Crippen molar-refractivity contribution in [3.05, 3.63) is 97.9 Å². The van der Waals surface area contributed by atoms with Crippen LogP contribution in [-0.4, -0.2) is 10.8 Å². The van der Waals surface area contributed by atoms with Crippen LogP contribution in [0, 0.1) is 15.2 Å². The summed E-state index contributed by atoms with van der Waals surface area (Å²) >= 11 is 1.99. The van der Waals surface area contributed by atoms with E-state index in [-0.39, 0.29) is 30.6 Å². The van der Waals surface area contributed by atoms with Gasteiger partial charge in [-0.05, 0) is 82.1 Å². The van der Waals surface area contributed by atoms with Gasteiger partial charge in [0.1, 0.15) is 11.6 Å². The topological polar surface area (TPSA) is 30.0 Å². The first kappa shape index (κ1) is 22.3. The Kier molecular flexibility index (Phi) is 6.84. The molecule has 156 valence electrons. The molecule has 3 aromatic rings. The molecular formula is C22H15F5INO. The van der Waals surface area contributed by atoms with E-state index in [2.05, 4.69) is 4.98 Å². The Morgan fingerprint density at radius 1 is 1.00 bits per heavy atom. The lowest BCUT2D eigenvalue weighted by molar-refractivity contribution is -0.137. The fourth-order valence-corrected chi connectivity index (χ4v) is 3.51. The number of alkyl halides is 3. The van der Waals surface area contributed by atoms with Crippen LogP contribution in [-0.2, 0) is 19.0 Å². The minimum absolute atomic E-state index is 0.0562. The van der Waals surface area contributed by atoms with Crippen LogP contribution in [0.15, 0.2) is 54.9 Å². The molecule has 1 aromatic heterocycles. The number of nitrogens with zero attached hydrogens (tertiary/aromatic N) is 1. The van der Waals surface area contributed by atoms with E-state index in [1.54, 1.807) is 12.1 Å². The van der Waals surface area contributed by atoms with Crippen LogP contribution in [0.4, 0.5) is 22.0 Å². The van der Waals surface area contributed by atoms with Gasteiger partial charge in [0.15, 0.2) is 5.78 Å². The highest BCUT2D eigenvalue weighted by atomic mass is 127. The third-order valence-corrected chi connectivity index (χ3v) is 5.20. The first-order chi connectivity index (χ1) is 14.1. The number of Topliss-reactive ketones (excluding diaryl/α,β-unsaturated/α-hetero) is 1. The van der Waals surface area contributed by atoms with Gasteiger partial charge in [0.2, 0.25) is 0 Å². The number of hydrogen-bond donors (Lipinski definition) is 0. The van der Waals surface area contributed by atoms with Gasteiger partial charge >= 0.3 is 6.18 Å². The summed E-state index contributed by atoms with van der Waals surface area (Å²) in [7, 11) is 0. The van der Waals surface area contributed by atoms with Crippen LogP contribution in [0.5, 0.6) is 0 Å². The molecule has 0 aliphatic heterocycles. The molecule has 2 aromatic carbocycles. The normalized spacial score (nSPS) is 11.5. The number of carbonyl (C=O) groups is 1. The molecule has 8 heteroatoms. The predicted octanol–water partition coefficient (Wildman–Crippen LogP) is 6.39. The Morgan fingerprint density at radius 2 is 1.77 bits per heavy atom. The first-order valence-electron chi connectivity index (χ1n) is 8.90. The molecule has 0 spiro atoms. The summed E-state index contributed by atoms with van der Waals surface area (Å²) in [5, 5.41) is 0. The summed E-state index contributed by atoms with van der Waals surface area (Å²) in [5.41, 5.74) is 0.212. The number of halogens is 6. The maximum absolute atomic E-state index is 14.2. The van der Waals surface area contributed by atoms with E-state index in [4.69, 9.17) is 0 Å². The Balaban J connectivity index is 1.78. The average molecular weight is 531 g/mol. The summed E-state index contributed by atoms with van der Waals surface area (Å²) in [6, 6.07) is 8.50. The highest BCUT2D eigenvalue weighted by Gasteiger charge is 2.31. The molecule has 0 saturated carbocycles. The zero-order valence-corrected chi connectivity index (χ0v) is 17.6. The van der Waals surface area contributed by atoms with E-state index in [0.29, 0.717) is 22.8 Å². The standard InChI is InChI=1S/C22H15F5INO/c23-17-8-13(7-16(10-17)22(25,26)27)1-4-21(30)19-5-6-29-12-15(19)9-14-2-3-18(28)11-20(14)24/h2-3,5-8,10-12H,1,4,9H2. The fourth-order valence-electron chi connectivity index (χ4n) is 3.06. The number of carbonyl (C=O) groups excluding carboxylic acids is 1. The SMILES string of the molecule is O=C(CCc1cc(F)cc(C(F)(F)F)c1)c1ccncc1Cc1ccc(I)cc1F. The lowest BCUT2D eigenvalue weighted by Crippen LogP contribution is -2.09. The zero-order chi connectivity index (χ0) is 21.9. The van der Waals surface area contributed by atoms with Gasteiger partial charge in [0.05, 0.1) is 5.56 Å². The number of hydrogen-bond acceptors (Lipinski definition) is 2. The molecule has 0 bridgehead atoms. The lowest BCUT2D eigenvalue weighted by atomic mass is 9.95. The van der Waals surface area contributed by atoms with Gasteiger partial charge in [0.25, 0.3) is 0 Å². The predicted molar refractivity (Wildman–Crippen MR) is 110 cm³/mol. The number of rotatable bonds is 6. The molecule has 1 heterocycles. The van der Waals surface area contributed by atoms with E-state index >= 15 is 0 Å². The molecule has 0 unspecified atom stereocenters. The van der Waals surface area contributed by atoms with Gasteiger partial charge < -0.3 is 0 Å². The Bertz CT molecular complexity index is 1080. The highest BCUT2D eigenvalue weighted by Crippen LogP contribution is 2.31. The van der Waals surface area contributed by atoms with Gasteiger partial charge in [-0.3, -0.25) is 9.78 Å². The Morgan fingerprint density at radius 3 is 2.47 bits per heavy atom. The monoisotopic (exact) mass is 531 g/mol. The summed E-state index contributed by atoms with van der Waals surface area (Å²) in [6.45, 7) is 0. The number of pyridine rings is 1. The van der Waals surface area contributed by atoms with E-state index in [0.717, 1.165) is 15.7 Å². The first-order valence-corrected chi connectivity index (χ1v) is 9.98. The van der Waals surface area contributed by atoms with Crippen LogP contribution >= 0.6 is 22.6 Å². The molecule has 3 rings (SSSR count). The van der Waals surface area contributed by atoms with Crippen LogP contribution < -0.4 is 0 Å². The van der Waals surface area contributed by atoms with Crippen molar-refractivity contribution in [2.75, 3.05) is 0 Å². The zero-order valence-electron chi connectivity index (χ0n) is 15.4. The van der Waals surface area contributed by atoms with Crippen molar-refractivity contribution in [2.24, 2.45) is 0 Å². The number of aryl methyl sites for hydroxylation is 1. The Labute approximate surface area is 183 Å². The smallest absolute Gasteiger partial charge is 0.294 e. The molecule has 0 aliphatic carbocycles. The maximum atomic E-state index is 14.2. The van der Waals surface area contributed by atoms with Crippen molar-refractivity contribution >= 4 is 28.4 Å². The highest BCUT2D eigenvalue weighted by molar-refractivity contribution is 14.1. The molecule has 0 aliphatic rings. The molecule has 0 fully saturated rings. The van der Waals surface area contributed by atoms with Crippen molar-refractivity contribution in [1.29, 1.82) is 0 Å². The number of benzene rings is 2. The number of aromatic nitrogens is 1. The molecule has 0 radical (unpaired) electrons. The molecule has 30 heavy (non-hydrogen) atoms.